The predicted octanol–water partition coefficient (Wildman–Crippen LogP) is 2.85. The van der Waals surface area contributed by atoms with Crippen LogP contribution in [0.1, 0.15) is 52.4 Å². The van der Waals surface area contributed by atoms with E-state index in [4.69, 9.17) is 17.0 Å². The number of thiocarbonyl (C=S) groups is 1. The highest BCUT2D eigenvalue weighted by atomic mass is 32.1. The molecule has 0 aromatic heterocycles. The summed E-state index contributed by atoms with van der Waals surface area (Å²) >= 11 is 5.32. The maximum Gasteiger partial charge on any atom is 0.166 e. The average molecular weight is 272 g/mol. The monoisotopic (exact) mass is 272 g/mol. The van der Waals surface area contributed by atoms with Crippen LogP contribution in [0, 0.1) is 5.92 Å². The van der Waals surface area contributed by atoms with E-state index in [1.165, 1.54) is 32.1 Å². The third-order valence-electron chi connectivity index (χ3n) is 3.65. The zero-order valence-corrected chi connectivity index (χ0v) is 12.7. The van der Waals surface area contributed by atoms with Crippen LogP contribution in [-0.2, 0) is 4.74 Å². The van der Waals surface area contributed by atoms with Crippen LogP contribution in [0.2, 0.25) is 0 Å². The fraction of sp³-hybridized carbons (Fsp3) is 0.929. The predicted molar refractivity (Wildman–Crippen MR) is 80.9 cm³/mol. The quantitative estimate of drug-likeness (QED) is 0.551. The number of nitrogens with one attached hydrogen (secondary N) is 2. The Labute approximate surface area is 117 Å². The first kappa shape index (κ1) is 15.7. The lowest BCUT2D eigenvalue weighted by atomic mass is 9.84. The average Bonchev–Trinajstić information content (AvgIpc) is 2.38. The van der Waals surface area contributed by atoms with Gasteiger partial charge in [-0.25, -0.2) is 0 Å². The largest absolute Gasteiger partial charge is 0.382 e. The zero-order valence-electron chi connectivity index (χ0n) is 11.8. The molecule has 0 aliphatic heterocycles. The molecule has 2 unspecified atom stereocenters. The second kappa shape index (κ2) is 9.56. The van der Waals surface area contributed by atoms with Crippen LogP contribution in [-0.4, -0.2) is 30.9 Å². The molecule has 3 nitrogen and oxygen atoms in total. The number of ether oxygens (including phenoxy) is 1. The molecule has 4 heteroatoms. The van der Waals surface area contributed by atoms with Gasteiger partial charge in [0.1, 0.15) is 0 Å². The molecule has 2 N–H and O–H groups in total. The van der Waals surface area contributed by atoms with E-state index in [0.29, 0.717) is 6.04 Å². The Morgan fingerprint density at radius 3 is 2.89 bits per heavy atom. The summed E-state index contributed by atoms with van der Waals surface area (Å²) in [5.41, 5.74) is 0. The van der Waals surface area contributed by atoms with Crippen molar-refractivity contribution < 1.29 is 4.74 Å². The van der Waals surface area contributed by atoms with Crippen molar-refractivity contribution >= 4 is 17.3 Å². The maximum absolute atomic E-state index is 5.32. The Balaban J connectivity index is 2.08. The van der Waals surface area contributed by atoms with Crippen molar-refractivity contribution in [2.24, 2.45) is 5.92 Å². The van der Waals surface area contributed by atoms with E-state index in [1.54, 1.807) is 0 Å². The van der Waals surface area contributed by atoms with Gasteiger partial charge < -0.3 is 15.4 Å². The van der Waals surface area contributed by atoms with E-state index in [2.05, 4.69) is 17.6 Å². The van der Waals surface area contributed by atoms with Gasteiger partial charge >= 0.3 is 0 Å². The fourth-order valence-electron chi connectivity index (χ4n) is 2.55. The highest BCUT2D eigenvalue weighted by Gasteiger charge is 2.20. The van der Waals surface area contributed by atoms with Gasteiger partial charge in [0.25, 0.3) is 0 Å². The van der Waals surface area contributed by atoms with E-state index >= 15 is 0 Å². The lowest BCUT2D eigenvalue weighted by Gasteiger charge is -2.30. The summed E-state index contributed by atoms with van der Waals surface area (Å²) < 4.78 is 5.29. The summed E-state index contributed by atoms with van der Waals surface area (Å²) in [6.07, 6.45) is 7.57. The lowest BCUT2D eigenvalue weighted by Crippen LogP contribution is -2.44. The summed E-state index contributed by atoms with van der Waals surface area (Å²) in [6, 6.07) is 0.579. The first-order valence-corrected chi connectivity index (χ1v) is 7.79. The van der Waals surface area contributed by atoms with Crippen LogP contribution < -0.4 is 10.6 Å². The number of hydrogen-bond acceptors (Lipinski definition) is 2. The fourth-order valence-corrected chi connectivity index (χ4v) is 2.82. The smallest absolute Gasteiger partial charge is 0.166 e. The van der Waals surface area contributed by atoms with Gasteiger partial charge in [0, 0.05) is 25.8 Å². The van der Waals surface area contributed by atoms with Crippen LogP contribution in [0.15, 0.2) is 0 Å². The number of hydrogen-bond donors (Lipinski definition) is 2. The molecule has 0 amide bonds. The van der Waals surface area contributed by atoms with E-state index in [0.717, 1.165) is 37.2 Å². The molecule has 0 saturated heterocycles. The third kappa shape index (κ3) is 6.55. The van der Waals surface area contributed by atoms with Gasteiger partial charge in [-0.15, -0.1) is 0 Å². The van der Waals surface area contributed by atoms with Crippen molar-refractivity contribution in [1.29, 1.82) is 0 Å². The van der Waals surface area contributed by atoms with Crippen molar-refractivity contribution in [1.82, 2.24) is 10.6 Å². The van der Waals surface area contributed by atoms with Crippen molar-refractivity contribution in [2.75, 3.05) is 19.8 Å². The van der Waals surface area contributed by atoms with Gasteiger partial charge in [-0.05, 0) is 44.3 Å². The van der Waals surface area contributed by atoms with Crippen LogP contribution in [0.3, 0.4) is 0 Å². The SMILES string of the molecule is CCOCCCNC(=S)NC1CCCC(CC)C1. The van der Waals surface area contributed by atoms with Gasteiger partial charge in [0.2, 0.25) is 0 Å². The van der Waals surface area contributed by atoms with Crippen molar-refractivity contribution in [3.8, 4) is 0 Å². The van der Waals surface area contributed by atoms with Crippen LogP contribution in [0.5, 0.6) is 0 Å². The standard InChI is InChI=1S/C14H28N2OS/c1-3-12-7-5-8-13(11-12)16-14(18)15-9-6-10-17-4-2/h12-13H,3-11H2,1-2H3,(H2,15,16,18). The molecule has 0 spiro atoms. The van der Waals surface area contributed by atoms with Crippen LogP contribution in [0.25, 0.3) is 0 Å². The molecule has 1 aliphatic carbocycles. The van der Waals surface area contributed by atoms with E-state index in [1.807, 2.05) is 6.92 Å². The second-order valence-electron chi connectivity index (χ2n) is 5.09. The van der Waals surface area contributed by atoms with Crippen molar-refractivity contribution in [2.45, 2.75) is 58.4 Å². The summed E-state index contributed by atoms with van der Waals surface area (Å²) in [7, 11) is 0. The van der Waals surface area contributed by atoms with E-state index < -0.39 is 0 Å². The van der Waals surface area contributed by atoms with Gasteiger partial charge in [-0.2, -0.15) is 0 Å². The highest BCUT2D eigenvalue weighted by molar-refractivity contribution is 7.80. The van der Waals surface area contributed by atoms with Gasteiger partial charge in [0.05, 0.1) is 0 Å². The molecular formula is C14H28N2OS. The normalized spacial score (nSPS) is 23.7. The topological polar surface area (TPSA) is 33.3 Å². The van der Waals surface area contributed by atoms with Gasteiger partial charge in [-0.1, -0.05) is 26.2 Å². The molecule has 18 heavy (non-hydrogen) atoms. The third-order valence-corrected chi connectivity index (χ3v) is 3.91. The Morgan fingerprint density at radius 2 is 2.17 bits per heavy atom. The van der Waals surface area contributed by atoms with E-state index in [9.17, 15) is 0 Å². The minimum atomic E-state index is 0.579. The van der Waals surface area contributed by atoms with Crippen LogP contribution >= 0.6 is 12.2 Å². The summed E-state index contributed by atoms with van der Waals surface area (Å²) in [4.78, 5) is 0. The lowest BCUT2D eigenvalue weighted by molar-refractivity contribution is 0.145. The summed E-state index contributed by atoms with van der Waals surface area (Å²) in [5.74, 6) is 0.886. The molecular weight excluding hydrogens is 244 g/mol. The Morgan fingerprint density at radius 1 is 1.33 bits per heavy atom. The van der Waals surface area contributed by atoms with E-state index in [-0.39, 0.29) is 0 Å². The molecule has 106 valence electrons. The molecule has 1 saturated carbocycles. The first-order valence-electron chi connectivity index (χ1n) is 7.38. The molecule has 2 atom stereocenters. The molecule has 1 fully saturated rings. The Kier molecular flexibility index (Phi) is 8.34. The molecule has 1 rings (SSSR count). The highest BCUT2D eigenvalue weighted by Crippen LogP contribution is 2.26. The minimum absolute atomic E-state index is 0.579. The Bertz CT molecular complexity index is 236. The molecule has 1 aliphatic rings. The molecule has 0 heterocycles. The summed E-state index contributed by atoms with van der Waals surface area (Å²) in [5, 5.41) is 7.53. The first-order chi connectivity index (χ1) is 8.76. The molecule has 0 radical (unpaired) electrons. The zero-order chi connectivity index (χ0) is 13.2. The maximum atomic E-state index is 5.32. The van der Waals surface area contributed by atoms with Crippen molar-refractivity contribution in [3.05, 3.63) is 0 Å². The van der Waals surface area contributed by atoms with Gasteiger partial charge in [0.15, 0.2) is 5.11 Å². The minimum Gasteiger partial charge on any atom is -0.382 e. The molecule has 0 aromatic carbocycles. The van der Waals surface area contributed by atoms with Gasteiger partial charge in [-0.3, -0.25) is 0 Å². The molecule has 0 aromatic rings. The molecule has 0 bridgehead atoms. The van der Waals surface area contributed by atoms with Crippen molar-refractivity contribution in [3.63, 3.8) is 0 Å². The van der Waals surface area contributed by atoms with Crippen LogP contribution in [0.4, 0.5) is 0 Å². The summed E-state index contributed by atoms with van der Waals surface area (Å²) in [6.45, 7) is 6.82. The number of rotatable bonds is 7. The second-order valence-corrected chi connectivity index (χ2v) is 5.50. The Hall–Kier alpha value is -0.350.